The Kier molecular flexibility index (Phi) is 4.88. The summed E-state index contributed by atoms with van der Waals surface area (Å²) in [6.07, 6.45) is 3.75. The molecule has 0 saturated carbocycles. The third-order valence-corrected chi connectivity index (χ3v) is 7.41. The van der Waals surface area contributed by atoms with Crippen LogP contribution in [0.1, 0.15) is 24.8 Å². The molecule has 33 heavy (non-hydrogen) atoms. The van der Waals surface area contributed by atoms with E-state index in [9.17, 15) is 4.79 Å². The van der Waals surface area contributed by atoms with Crippen LogP contribution < -0.4 is 16.2 Å². The molecule has 0 spiro atoms. The normalized spacial score (nSPS) is 16.9. The standard InChI is InChI=1S/C24H25N7OS/c1-2-30-22-18(27-24(30)29-11-5-7-16(25)13-29)12-26-31(23(22)32)14-20-28-21-17-8-4-3-6-15(17)9-10-19(21)33-20/h3-4,6,8-10,12,16H,2,5,7,11,13-14,25H2,1H3. The molecule has 6 rings (SSSR count). The van der Waals surface area contributed by atoms with Crippen LogP contribution in [0.3, 0.4) is 0 Å². The third kappa shape index (κ3) is 3.39. The predicted octanol–water partition coefficient (Wildman–Crippen LogP) is 3.35. The zero-order valence-electron chi connectivity index (χ0n) is 18.4. The summed E-state index contributed by atoms with van der Waals surface area (Å²) < 4.78 is 4.61. The van der Waals surface area contributed by atoms with Gasteiger partial charge in [-0.1, -0.05) is 30.3 Å². The summed E-state index contributed by atoms with van der Waals surface area (Å²) in [4.78, 5) is 25.3. The Balaban J connectivity index is 1.41. The molecule has 1 fully saturated rings. The minimum absolute atomic E-state index is 0.133. The highest BCUT2D eigenvalue weighted by molar-refractivity contribution is 7.18. The molecular weight excluding hydrogens is 434 g/mol. The summed E-state index contributed by atoms with van der Waals surface area (Å²) >= 11 is 1.60. The van der Waals surface area contributed by atoms with Crippen molar-refractivity contribution in [1.29, 1.82) is 0 Å². The average molecular weight is 460 g/mol. The van der Waals surface area contributed by atoms with E-state index in [1.54, 1.807) is 17.5 Å². The van der Waals surface area contributed by atoms with Crippen LogP contribution in [0.2, 0.25) is 0 Å². The highest BCUT2D eigenvalue weighted by atomic mass is 32.1. The fraction of sp³-hybridized carbons (Fsp3) is 0.333. The number of fused-ring (bicyclic) bond motifs is 4. The number of hydrogen-bond donors (Lipinski definition) is 1. The molecule has 0 aliphatic carbocycles. The van der Waals surface area contributed by atoms with Crippen molar-refractivity contribution < 1.29 is 0 Å². The Morgan fingerprint density at radius 1 is 1.18 bits per heavy atom. The number of aryl methyl sites for hydroxylation is 1. The van der Waals surface area contributed by atoms with E-state index < -0.39 is 0 Å². The first-order chi connectivity index (χ1) is 16.1. The van der Waals surface area contributed by atoms with Crippen molar-refractivity contribution >= 4 is 49.3 Å². The molecule has 9 heteroatoms. The van der Waals surface area contributed by atoms with Gasteiger partial charge in [0.1, 0.15) is 16.0 Å². The Hall–Kier alpha value is -3.30. The van der Waals surface area contributed by atoms with Crippen molar-refractivity contribution in [3.05, 3.63) is 58.0 Å². The molecule has 4 heterocycles. The number of nitrogens with two attached hydrogens (primary N) is 1. The van der Waals surface area contributed by atoms with Crippen molar-refractivity contribution in [3.8, 4) is 0 Å². The van der Waals surface area contributed by atoms with Gasteiger partial charge in [-0.2, -0.15) is 5.10 Å². The summed E-state index contributed by atoms with van der Waals surface area (Å²) in [6, 6.07) is 12.6. The predicted molar refractivity (Wildman–Crippen MR) is 133 cm³/mol. The zero-order valence-corrected chi connectivity index (χ0v) is 19.3. The lowest BCUT2D eigenvalue weighted by Gasteiger charge is -2.31. The average Bonchev–Trinajstić information content (AvgIpc) is 3.42. The van der Waals surface area contributed by atoms with Gasteiger partial charge in [-0.3, -0.25) is 4.79 Å². The van der Waals surface area contributed by atoms with Crippen LogP contribution in [0.25, 0.3) is 32.0 Å². The molecule has 1 atom stereocenters. The molecule has 5 aromatic rings. The number of thiazole rings is 1. The molecular formula is C24H25N7OS. The molecule has 1 saturated heterocycles. The van der Waals surface area contributed by atoms with Crippen LogP contribution in [-0.4, -0.2) is 43.4 Å². The second kappa shape index (κ2) is 7.93. The second-order valence-corrected chi connectivity index (χ2v) is 9.70. The maximum absolute atomic E-state index is 13.5. The highest BCUT2D eigenvalue weighted by Crippen LogP contribution is 2.29. The van der Waals surface area contributed by atoms with Crippen molar-refractivity contribution in [2.45, 2.75) is 38.9 Å². The van der Waals surface area contributed by atoms with E-state index in [0.29, 0.717) is 24.1 Å². The van der Waals surface area contributed by atoms with Crippen molar-refractivity contribution in [2.24, 2.45) is 5.73 Å². The van der Waals surface area contributed by atoms with Crippen LogP contribution in [-0.2, 0) is 13.1 Å². The number of imidazole rings is 1. The lowest BCUT2D eigenvalue weighted by Crippen LogP contribution is -2.44. The summed E-state index contributed by atoms with van der Waals surface area (Å²) in [6.45, 7) is 4.69. The van der Waals surface area contributed by atoms with E-state index in [2.05, 4.69) is 34.3 Å². The Morgan fingerprint density at radius 3 is 2.91 bits per heavy atom. The summed E-state index contributed by atoms with van der Waals surface area (Å²) in [7, 11) is 0. The summed E-state index contributed by atoms with van der Waals surface area (Å²) in [5.41, 5.74) is 8.25. The third-order valence-electron chi connectivity index (χ3n) is 6.40. The van der Waals surface area contributed by atoms with Crippen molar-refractivity contribution in [1.82, 2.24) is 24.3 Å². The van der Waals surface area contributed by atoms with Gasteiger partial charge in [0, 0.05) is 31.1 Å². The van der Waals surface area contributed by atoms with Crippen LogP contribution in [0.5, 0.6) is 0 Å². The number of rotatable bonds is 4. The van der Waals surface area contributed by atoms with Crippen molar-refractivity contribution in [3.63, 3.8) is 0 Å². The molecule has 168 valence electrons. The number of piperidine rings is 1. The van der Waals surface area contributed by atoms with Gasteiger partial charge in [-0.15, -0.1) is 11.3 Å². The highest BCUT2D eigenvalue weighted by Gasteiger charge is 2.24. The van der Waals surface area contributed by atoms with Gasteiger partial charge in [0.25, 0.3) is 5.56 Å². The fourth-order valence-corrected chi connectivity index (χ4v) is 5.79. The molecule has 2 aromatic carbocycles. The SMILES string of the molecule is CCn1c(N2CCCC(N)C2)nc2cnn(Cc3nc4c(ccc5ccccc54)s3)c(=O)c21. The van der Waals surface area contributed by atoms with E-state index in [0.717, 1.165) is 57.9 Å². The van der Waals surface area contributed by atoms with Gasteiger partial charge in [0.05, 0.1) is 23.0 Å². The van der Waals surface area contributed by atoms with Crippen LogP contribution in [0, 0.1) is 0 Å². The molecule has 0 amide bonds. The Labute approximate surface area is 194 Å². The maximum atomic E-state index is 13.5. The smallest absolute Gasteiger partial charge is 0.293 e. The summed E-state index contributed by atoms with van der Waals surface area (Å²) in [5.74, 6) is 0.811. The number of aromatic nitrogens is 5. The van der Waals surface area contributed by atoms with Gasteiger partial charge in [-0.05, 0) is 31.2 Å². The van der Waals surface area contributed by atoms with Gasteiger partial charge < -0.3 is 15.2 Å². The molecule has 1 aliphatic rings. The lowest BCUT2D eigenvalue weighted by atomic mass is 10.1. The van der Waals surface area contributed by atoms with Crippen molar-refractivity contribution in [2.75, 3.05) is 18.0 Å². The molecule has 0 radical (unpaired) electrons. The molecule has 1 aliphatic heterocycles. The van der Waals surface area contributed by atoms with E-state index in [1.807, 2.05) is 23.6 Å². The first-order valence-corrected chi connectivity index (χ1v) is 12.2. The molecule has 2 N–H and O–H groups in total. The van der Waals surface area contributed by atoms with E-state index in [-0.39, 0.29) is 11.6 Å². The minimum atomic E-state index is -0.140. The second-order valence-electron chi connectivity index (χ2n) is 8.59. The topological polar surface area (TPSA) is 94.9 Å². The number of nitrogens with zero attached hydrogens (tertiary/aromatic N) is 6. The number of hydrogen-bond acceptors (Lipinski definition) is 7. The number of anilines is 1. The minimum Gasteiger partial charge on any atom is -0.341 e. The first-order valence-electron chi connectivity index (χ1n) is 11.4. The quantitative estimate of drug-likeness (QED) is 0.443. The van der Waals surface area contributed by atoms with Crippen LogP contribution in [0.15, 0.2) is 47.4 Å². The monoisotopic (exact) mass is 459 g/mol. The summed E-state index contributed by atoms with van der Waals surface area (Å²) in [5, 5.41) is 7.58. The van der Waals surface area contributed by atoms with E-state index >= 15 is 0 Å². The van der Waals surface area contributed by atoms with Gasteiger partial charge in [0.2, 0.25) is 5.95 Å². The molecule has 1 unspecified atom stereocenters. The molecule has 3 aromatic heterocycles. The number of benzene rings is 2. The van der Waals surface area contributed by atoms with Gasteiger partial charge >= 0.3 is 0 Å². The lowest BCUT2D eigenvalue weighted by molar-refractivity contribution is 0.494. The maximum Gasteiger partial charge on any atom is 0.293 e. The first kappa shape index (κ1) is 20.3. The van der Waals surface area contributed by atoms with Crippen LogP contribution >= 0.6 is 11.3 Å². The molecule has 8 nitrogen and oxygen atoms in total. The van der Waals surface area contributed by atoms with E-state index in [4.69, 9.17) is 15.7 Å². The van der Waals surface area contributed by atoms with Crippen LogP contribution in [0.4, 0.5) is 5.95 Å². The fourth-order valence-electron chi connectivity index (χ4n) is 4.82. The van der Waals surface area contributed by atoms with Gasteiger partial charge in [0.15, 0.2) is 0 Å². The largest absolute Gasteiger partial charge is 0.341 e. The molecule has 0 bridgehead atoms. The Bertz CT molecular complexity index is 1550. The Morgan fingerprint density at radius 2 is 2.06 bits per heavy atom. The van der Waals surface area contributed by atoms with Gasteiger partial charge in [-0.25, -0.2) is 14.6 Å². The zero-order chi connectivity index (χ0) is 22.5. The van der Waals surface area contributed by atoms with E-state index in [1.165, 1.54) is 4.68 Å².